The first-order chi connectivity index (χ1) is 13.2. The van der Waals surface area contributed by atoms with Gasteiger partial charge in [-0.2, -0.15) is 4.37 Å². The van der Waals surface area contributed by atoms with Crippen LogP contribution in [-0.2, 0) is 0 Å². The van der Waals surface area contributed by atoms with Crippen molar-refractivity contribution >= 4 is 61.2 Å². The average molecular weight is 394 g/mol. The topological polar surface area (TPSA) is 61.9 Å². The highest BCUT2D eigenvalue weighted by Gasteiger charge is 2.04. The SMILES string of the molecule is Cc1cc(NCCNC(=S)Nc2ccc3sncc3c2)c2ccccc2n1. The van der Waals surface area contributed by atoms with Crippen LogP contribution in [0.15, 0.2) is 54.7 Å². The molecule has 0 aliphatic carbocycles. The van der Waals surface area contributed by atoms with Crippen molar-refractivity contribution in [2.24, 2.45) is 0 Å². The van der Waals surface area contributed by atoms with Gasteiger partial charge in [0.15, 0.2) is 5.11 Å². The van der Waals surface area contributed by atoms with Crippen molar-refractivity contribution in [3.8, 4) is 0 Å². The molecule has 0 aliphatic rings. The third kappa shape index (κ3) is 4.15. The predicted octanol–water partition coefficient (Wildman–Crippen LogP) is 4.55. The lowest BCUT2D eigenvalue weighted by atomic mass is 10.1. The molecule has 0 fully saturated rings. The first-order valence-corrected chi connectivity index (χ1v) is 9.87. The lowest BCUT2D eigenvalue weighted by Crippen LogP contribution is -2.32. The van der Waals surface area contributed by atoms with Gasteiger partial charge in [-0.25, -0.2) is 0 Å². The van der Waals surface area contributed by atoms with Gasteiger partial charge < -0.3 is 16.0 Å². The zero-order valence-electron chi connectivity index (χ0n) is 14.8. The zero-order valence-corrected chi connectivity index (χ0v) is 16.5. The number of fused-ring (bicyclic) bond motifs is 2. The highest BCUT2D eigenvalue weighted by atomic mass is 32.1. The van der Waals surface area contributed by atoms with Crippen LogP contribution in [0.1, 0.15) is 5.69 Å². The highest BCUT2D eigenvalue weighted by Crippen LogP contribution is 2.23. The Morgan fingerprint density at radius 2 is 2.00 bits per heavy atom. The van der Waals surface area contributed by atoms with Gasteiger partial charge in [0, 0.05) is 47.1 Å². The fourth-order valence-corrected chi connectivity index (χ4v) is 3.80. The van der Waals surface area contributed by atoms with E-state index in [4.69, 9.17) is 12.2 Å². The second-order valence-corrected chi connectivity index (χ2v) is 7.46. The summed E-state index contributed by atoms with van der Waals surface area (Å²) in [4.78, 5) is 4.57. The van der Waals surface area contributed by atoms with Crippen LogP contribution in [0, 0.1) is 6.92 Å². The number of nitrogens with one attached hydrogen (secondary N) is 3. The summed E-state index contributed by atoms with van der Waals surface area (Å²) in [6.45, 7) is 3.47. The van der Waals surface area contributed by atoms with E-state index in [1.165, 1.54) is 16.2 Å². The maximum absolute atomic E-state index is 5.39. The van der Waals surface area contributed by atoms with Crippen LogP contribution < -0.4 is 16.0 Å². The van der Waals surface area contributed by atoms with Crippen molar-refractivity contribution in [1.82, 2.24) is 14.7 Å². The van der Waals surface area contributed by atoms with E-state index in [1.54, 1.807) is 0 Å². The summed E-state index contributed by atoms with van der Waals surface area (Å²) in [5, 5.41) is 12.8. The molecule has 2 aromatic heterocycles. The number of aromatic nitrogens is 2. The van der Waals surface area contributed by atoms with Crippen molar-refractivity contribution in [3.63, 3.8) is 0 Å². The Bertz CT molecular complexity index is 1110. The number of nitrogens with zero attached hydrogens (tertiary/aromatic N) is 2. The molecule has 0 aliphatic heterocycles. The minimum atomic E-state index is 0.607. The molecule has 2 heterocycles. The summed E-state index contributed by atoms with van der Waals surface area (Å²) in [5.74, 6) is 0. The summed E-state index contributed by atoms with van der Waals surface area (Å²) in [6, 6.07) is 16.3. The quantitative estimate of drug-likeness (QED) is 0.341. The molecule has 0 saturated carbocycles. The van der Waals surface area contributed by atoms with E-state index < -0.39 is 0 Å². The minimum Gasteiger partial charge on any atom is -0.383 e. The molecule has 0 atom stereocenters. The lowest BCUT2D eigenvalue weighted by molar-refractivity contribution is 0.916. The average Bonchev–Trinajstić information content (AvgIpc) is 3.12. The Kier molecular flexibility index (Phi) is 5.13. The molecular weight excluding hydrogens is 374 g/mol. The molecule has 0 radical (unpaired) electrons. The normalized spacial score (nSPS) is 10.9. The molecule has 4 aromatic rings. The standard InChI is InChI=1S/C20H19N5S2/c1-13-10-18(16-4-2-3-5-17(16)24-13)21-8-9-22-20(26)25-15-6-7-19-14(11-15)12-23-27-19/h2-7,10-12H,8-9H2,1H3,(H,21,24)(H2,22,25,26). The van der Waals surface area contributed by atoms with Crippen molar-refractivity contribution < 1.29 is 0 Å². The maximum atomic E-state index is 5.39. The predicted molar refractivity (Wildman–Crippen MR) is 119 cm³/mol. The Labute approximate surface area is 167 Å². The molecule has 0 saturated heterocycles. The first kappa shape index (κ1) is 17.6. The van der Waals surface area contributed by atoms with Crippen LogP contribution in [0.4, 0.5) is 11.4 Å². The fourth-order valence-electron chi connectivity index (χ4n) is 2.95. The molecule has 0 unspecified atom stereocenters. The number of hydrogen-bond donors (Lipinski definition) is 3. The van der Waals surface area contributed by atoms with E-state index in [1.807, 2.05) is 37.4 Å². The monoisotopic (exact) mass is 393 g/mol. The molecule has 27 heavy (non-hydrogen) atoms. The summed E-state index contributed by atoms with van der Waals surface area (Å²) >= 11 is 6.89. The second kappa shape index (κ2) is 7.85. The van der Waals surface area contributed by atoms with Gasteiger partial charge >= 0.3 is 0 Å². The molecule has 0 bridgehead atoms. The highest BCUT2D eigenvalue weighted by molar-refractivity contribution is 7.80. The third-order valence-corrected chi connectivity index (χ3v) is 5.21. The van der Waals surface area contributed by atoms with Gasteiger partial charge in [0.25, 0.3) is 0 Å². The zero-order chi connectivity index (χ0) is 18.6. The first-order valence-electron chi connectivity index (χ1n) is 8.68. The van der Waals surface area contributed by atoms with Crippen LogP contribution in [-0.4, -0.2) is 27.6 Å². The van der Waals surface area contributed by atoms with Gasteiger partial charge in [0.05, 0.1) is 10.2 Å². The van der Waals surface area contributed by atoms with Crippen LogP contribution >= 0.6 is 23.8 Å². The smallest absolute Gasteiger partial charge is 0.170 e. The van der Waals surface area contributed by atoms with Gasteiger partial charge in [-0.3, -0.25) is 4.98 Å². The van der Waals surface area contributed by atoms with E-state index in [9.17, 15) is 0 Å². The molecule has 0 amide bonds. The maximum Gasteiger partial charge on any atom is 0.170 e. The number of para-hydroxylation sites is 1. The number of pyridine rings is 1. The Hall–Kier alpha value is -2.77. The van der Waals surface area contributed by atoms with Crippen molar-refractivity contribution in [2.75, 3.05) is 23.7 Å². The Balaban J connectivity index is 1.31. The van der Waals surface area contributed by atoms with Crippen molar-refractivity contribution in [3.05, 3.63) is 60.4 Å². The molecule has 3 N–H and O–H groups in total. The molecule has 4 rings (SSSR count). The third-order valence-electron chi connectivity index (χ3n) is 4.18. The Morgan fingerprint density at radius 1 is 1.11 bits per heavy atom. The van der Waals surface area contributed by atoms with Gasteiger partial charge in [0.1, 0.15) is 0 Å². The van der Waals surface area contributed by atoms with E-state index >= 15 is 0 Å². The van der Waals surface area contributed by atoms with E-state index in [2.05, 4.69) is 49.6 Å². The largest absolute Gasteiger partial charge is 0.383 e. The number of anilines is 2. The molecular formula is C20H19N5S2. The van der Waals surface area contributed by atoms with E-state index in [-0.39, 0.29) is 0 Å². The van der Waals surface area contributed by atoms with Crippen molar-refractivity contribution in [1.29, 1.82) is 0 Å². The summed E-state index contributed by atoms with van der Waals surface area (Å²) < 4.78 is 5.36. The van der Waals surface area contributed by atoms with Gasteiger partial charge in [-0.05, 0) is 61.0 Å². The molecule has 2 aromatic carbocycles. The lowest BCUT2D eigenvalue weighted by Gasteiger charge is -2.13. The van der Waals surface area contributed by atoms with Crippen molar-refractivity contribution in [2.45, 2.75) is 6.92 Å². The van der Waals surface area contributed by atoms with Crippen LogP contribution in [0.3, 0.4) is 0 Å². The number of aryl methyl sites for hydroxylation is 1. The molecule has 7 heteroatoms. The van der Waals surface area contributed by atoms with Crippen LogP contribution in [0.2, 0.25) is 0 Å². The number of benzene rings is 2. The minimum absolute atomic E-state index is 0.607. The second-order valence-electron chi connectivity index (χ2n) is 6.21. The summed E-state index contributed by atoms with van der Waals surface area (Å²) in [7, 11) is 0. The van der Waals surface area contributed by atoms with Gasteiger partial charge in [-0.1, -0.05) is 18.2 Å². The van der Waals surface area contributed by atoms with Crippen LogP contribution in [0.25, 0.3) is 21.0 Å². The Morgan fingerprint density at radius 3 is 2.93 bits per heavy atom. The molecule has 136 valence electrons. The van der Waals surface area contributed by atoms with E-state index in [0.29, 0.717) is 11.7 Å². The number of thiocarbonyl (C=S) groups is 1. The number of hydrogen-bond acceptors (Lipinski definition) is 5. The summed E-state index contributed by atoms with van der Waals surface area (Å²) in [5.41, 5.74) is 4.06. The summed E-state index contributed by atoms with van der Waals surface area (Å²) in [6.07, 6.45) is 1.87. The fraction of sp³-hybridized carbons (Fsp3) is 0.150. The van der Waals surface area contributed by atoms with Gasteiger partial charge in [0.2, 0.25) is 0 Å². The van der Waals surface area contributed by atoms with Gasteiger partial charge in [-0.15, -0.1) is 0 Å². The van der Waals surface area contributed by atoms with Crippen LogP contribution in [0.5, 0.6) is 0 Å². The number of rotatable bonds is 5. The van der Waals surface area contributed by atoms with E-state index in [0.717, 1.165) is 39.9 Å². The molecule has 0 spiro atoms. The molecule has 5 nitrogen and oxygen atoms in total.